The Balaban J connectivity index is 2.18. The molecular formula is C13H25N. The number of allylic oxidation sites excluding steroid dienone is 1. The van der Waals surface area contributed by atoms with Crippen molar-refractivity contribution in [2.45, 2.75) is 64.5 Å². The van der Waals surface area contributed by atoms with Gasteiger partial charge in [0.05, 0.1) is 0 Å². The second kappa shape index (κ2) is 6.23. The third-order valence-electron chi connectivity index (χ3n) is 3.26. The van der Waals surface area contributed by atoms with E-state index in [0.717, 1.165) is 18.4 Å². The summed E-state index contributed by atoms with van der Waals surface area (Å²) in [5.41, 5.74) is 0. The minimum Gasteiger partial charge on any atom is -0.311 e. The van der Waals surface area contributed by atoms with E-state index in [1.165, 1.54) is 32.1 Å². The van der Waals surface area contributed by atoms with Gasteiger partial charge in [-0.1, -0.05) is 25.8 Å². The molecule has 0 saturated heterocycles. The van der Waals surface area contributed by atoms with Crippen molar-refractivity contribution in [2.75, 3.05) is 0 Å². The second-order valence-electron chi connectivity index (χ2n) is 4.90. The smallest absolute Gasteiger partial charge is 0.00720 e. The van der Waals surface area contributed by atoms with Crippen LogP contribution in [-0.4, -0.2) is 12.1 Å². The van der Waals surface area contributed by atoms with Crippen molar-refractivity contribution in [2.24, 2.45) is 5.92 Å². The van der Waals surface area contributed by atoms with E-state index in [2.05, 4.69) is 25.7 Å². The van der Waals surface area contributed by atoms with Gasteiger partial charge in [-0.25, -0.2) is 0 Å². The minimum absolute atomic E-state index is 0.656. The monoisotopic (exact) mass is 195 g/mol. The van der Waals surface area contributed by atoms with Crippen molar-refractivity contribution in [1.82, 2.24) is 5.32 Å². The molecule has 0 spiro atoms. The first kappa shape index (κ1) is 11.8. The van der Waals surface area contributed by atoms with Crippen molar-refractivity contribution >= 4 is 0 Å². The standard InChI is InChI=1S/C13H25N/c1-4-5-8-12(3)14-13-9-6-7-11(2)10-13/h4,11-14H,1,5-10H2,2-3H3. The summed E-state index contributed by atoms with van der Waals surface area (Å²) in [7, 11) is 0. The second-order valence-corrected chi connectivity index (χ2v) is 4.90. The van der Waals surface area contributed by atoms with Crippen LogP contribution >= 0.6 is 0 Å². The highest BCUT2D eigenvalue weighted by atomic mass is 14.9. The van der Waals surface area contributed by atoms with Gasteiger partial charge in [0.15, 0.2) is 0 Å². The summed E-state index contributed by atoms with van der Waals surface area (Å²) < 4.78 is 0. The first-order chi connectivity index (χ1) is 6.72. The van der Waals surface area contributed by atoms with Crippen LogP contribution in [0, 0.1) is 5.92 Å². The van der Waals surface area contributed by atoms with Crippen LogP contribution in [0.1, 0.15) is 52.4 Å². The number of hydrogen-bond acceptors (Lipinski definition) is 1. The van der Waals surface area contributed by atoms with Gasteiger partial charge in [-0.05, 0) is 38.5 Å². The van der Waals surface area contributed by atoms with Gasteiger partial charge in [0.2, 0.25) is 0 Å². The Kier molecular flexibility index (Phi) is 5.24. The molecule has 1 saturated carbocycles. The molecule has 0 aromatic carbocycles. The van der Waals surface area contributed by atoms with Crippen molar-refractivity contribution in [3.8, 4) is 0 Å². The van der Waals surface area contributed by atoms with Crippen LogP contribution in [0.2, 0.25) is 0 Å². The summed E-state index contributed by atoms with van der Waals surface area (Å²) in [6, 6.07) is 1.43. The quantitative estimate of drug-likeness (QED) is 0.662. The summed E-state index contributed by atoms with van der Waals surface area (Å²) in [4.78, 5) is 0. The summed E-state index contributed by atoms with van der Waals surface area (Å²) in [5.74, 6) is 0.924. The zero-order chi connectivity index (χ0) is 10.4. The fourth-order valence-corrected chi connectivity index (χ4v) is 2.44. The van der Waals surface area contributed by atoms with E-state index < -0.39 is 0 Å². The highest BCUT2D eigenvalue weighted by Crippen LogP contribution is 2.23. The molecule has 0 aromatic heterocycles. The largest absolute Gasteiger partial charge is 0.311 e. The third-order valence-corrected chi connectivity index (χ3v) is 3.26. The summed E-state index contributed by atoms with van der Waals surface area (Å²) >= 11 is 0. The molecular weight excluding hydrogens is 170 g/mol. The van der Waals surface area contributed by atoms with Crippen LogP contribution in [0.25, 0.3) is 0 Å². The Morgan fingerprint density at radius 2 is 2.29 bits per heavy atom. The van der Waals surface area contributed by atoms with Gasteiger partial charge in [-0.3, -0.25) is 0 Å². The van der Waals surface area contributed by atoms with E-state index in [-0.39, 0.29) is 0 Å². The molecule has 1 aliphatic carbocycles. The lowest BCUT2D eigenvalue weighted by Gasteiger charge is -2.30. The van der Waals surface area contributed by atoms with E-state index >= 15 is 0 Å². The first-order valence-corrected chi connectivity index (χ1v) is 6.09. The van der Waals surface area contributed by atoms with E-state index in [1.807, 2.05) is 6.08 Å². The van der Waals surface area contributed by atoms with Gasteiger partial charge in [0.1, 0.15) is 0 Å². The van der Waals surface area contributed by atoms with Crippen LogP contribution in [0.5, 0.6) is 0 Å². The van der Waals surface area contributed by atoms with E-state index in [4.69, 9.17) is 0 Å². The molecule has 3 unspecified atom stereocenters. The van der Waals surface area contributed by atoms with Crippen molar-refractivity contribution < 1.29 is 0 Å². The topological polar surface area (TPSA) is 12.0 Å². The first-order valence-electron chi connectivity index (χ1n) is 6.09. The summed E-state index contributed by atoms with van der Waals surface area (Å²) in [6.07, 6.45) is 9.97. The number of rotatable bonds is 5. The van der Waals surface area contributed by atoms with Crippen LogP contribution in [0.4, 0.5) is 0 Å². The zero-order valence-corrected chi connectivity index (χ0v) is 9.76. The third kappa shape index (κ3) is 4.28. The number of nitrogens with one attached hydrogen (secondary N) is 1. The zero-order valence-electron chi connectivity index (χ0n) is 9.76. The average Bonchev–Trinajstić information content (AvgIpc) is 2.15. The molecule has 1 aliphatic rings. The SMILES string of the molecule is C=CCCC(C)NC1CCCC(C)C1. The average molecular weight is 195 g/mol. The molecule has 0 radical (unpaired) electrons. The van der Waals surface area contributed by atoms with Gasteiger partial charge >= 0.3 is 0 Å². The highest BCUT2D eigenvalue weighted by Gasteiger charge is 2.19. The normalized spacial score (nSPS) is 29.9. The summed E-state index contributed by atoms with van der Waals surface area (Å²) in [5, 5.41) is 3.74. The Hall–Kier alpha value is -0.300. The van der Waals surface area contributed by atoms with Gasteiger partial charge in [-0.15, -0.1) is 6.58 Å². The molecule has 82 valence electrons. The Labute approximate surface area is 89.0 Å². The van der Waals surface area contributed by atoms with Crippen molar-refractivity contribution in [3.63, 3.8) is 0 Å². The molecule has 0 aliphatic heterocycles. The fourth-order valence-electron chi connectivity index (χ4n) is 2.44. The molecule has 0 bridgehead atoms. The van der Waals surface area contributed by atoms with Gasteiger partial charge in [0, 0.05) is 12.1 Å². The maximum Gasteiger partial charge on any atom is 0.00720 e. The molecule has 1 fully saturated rings. The number of hydrogen-bond donors (Lipinski definition) is 1. The lowest BCUT2D eigenvalue weighted by molar-refractivity contribution is 0.281. The molecule has 0 heterocycles. The van der Waals surface area contributed by atoms with Crippen LogP contribution < -0.4 is 5.32 Å². The molecule has 1 nitrogen and oxygen atoms in total. The van der Waals surface area contributed by atoms with Gasteiger partial charge in [-0.2, -0.15) is 0 Å². The molecule has 0 amide bonds. The fraction of sp³-hybridized carbons (Fsp3) is 0.846. The van der Waals surface area contributed by atoms with Gasteiger partial charge in [0.25, 0.3) is 0 Å². The van der Waals surface area contributed by atoms with Crippen LogP contribution in [0.15, 0.2) is 12.7 Å². The molecule has 1 heteroatoms. The molecule has 3 atom stereocenters. The van der Waals surface area contributed by atoms with Crippen molar-refractivity contribution in [3.05, 3.63) is 12.7 Å². The Bertz CT molecular complexity index is 165. The molecule has 1 rings (SSSR count). The predicted molar refractivity (Wildman–Crippen MR) is 63.4 cm³/mol. The van der Waals surface area contributed by atoms with Gasteiger partial charge < -0.3 is 5.32 Å². The maximum absolute atomic E-state index is 3.76. The Morgan fingerprint density at radius 1 is 1.50 bits per heavy atom. The molecule has 0 aromatic rings. The van der Waals surface area contributed by atoms with Crippen LogP contribution in [-0.2, 0) is 0 Å². The predicted octanol–water partition coefficient (Wildman–Crippen LogP) is 3.51. The maximum atomic E-state index is 3.76. The van der Waals surface area contributed by atoms with E-state index in [0.29, 0.717) is 6.04 Å². The highest BCUT2D eigenvalue weighted by molar-refractivity contribution is 4.79. The molecule has 1 N–H and O–H groups in total. The Morgan fingerprint density at radius 3 is 2.93 bits per heavy atom. The summed E-state index contributed by atoms with van der Waals surface area (Å²) in [6.45, 7) is 8.44. The molecule has 14 heavy (non-hydrogen) atoms. The van der Waals surface area contributed by atoms with E-state index in [1.54, 1.807) is 0 Å². The van der Waals surface area contributed by atoms with Crippen molar-refractivity contribution in [1.29, 1.82) is 0 Å². The lowest BCUT2D eigenvalue weighted by atomic mass is 9.86. The lowest BCUT2D eigenvalue weighted by Crippen LogP contribution is -2.39. The van der Waals surface area contributed by atoms with Crippen LogP contribution in [0.3, 0.4) is 0 Å². The minimum atomic E-state index is 0.656. The van der Waals surface area contributed by atoms with E-state index in [9.17, 15) is 0 Å².